The number of carbonyl (C=O) groups is 1. The summed E-state index contributed by atoms with van der Waals surface area (Å²) in [5.74, 6) is -0.680. The molecule has 2 aromatic rings. The summed E-state index contributed by atoms with van der Waals surface area (Å²) >= 11 is 0. The monoisotopic (exact) mass is 369 g/mol. The van der Waals surface area contributed by atoms with Crippen molar-refractivity contribution in [3.8, 4) is 0 Å². The molecular weight excluding hydrogens is 346 g/mol. The maximum absolute atomic E-state index is 11.9. The quantitative estimate of drug-likeness (QED) is 0.658. The van der Waals surface area contributed by atoms with Crippen molar-refractivity contribution in [1.82, 2.24) is 14.2 Å². The molecular formula is C16H23N3O5S. The van der Waals surface area contributed by atoms with Crippen LogP contribution in [0, 0.1) is 0 Å². The summed E-state index contributed by atoms with van der Waals surface area (Å²) in [6.45, 7) is 3.15. The van der Waals surface area contributed by atoms with E-state index in [0.29, 0.717) is 37.2 Å². The van der Waals surface area contributed by atoms with E-state index in [0.717, 1.165) is 0 Å². The number of oxazole rings is 1. The second-order valence-electron chi connectivity index (χ2n) is 5.70. The fraction of sp³-hybridized carbons (Fsp3) is 0.500. The van der Waals surface area contributed by atoms with Gasteiger partial charge in [-0.1, -0.05) is 19.1 Å². The van der Waals surface area contributed by atoms with Gasteiger partial charge in [-0.2, -0.15) is 0 Å². The van der Waals surface area contributed by atoms with Gasteiger partial charge in [-0.15, -0.1) is 0 Å². The van der Waals surface area contributed by atoms with Crippen molar-refractivity contribution in [3.63, 3.8) is 0 Å². The summed E-state index contributed by atoms with van der Waals surface area (Å²) in [5.41, 5.74) is 1.15. The normalized spacial score (nSPS) is 12.0. The van der Waals surface area contributed by atoms with Crippen LogP contribution < -0.4 is 11.1 Å². The van der Waals surface area contributed by atoms with Crippen molar-refractivity contribution < 1.29 is 17.6 Å². The Morgan fingerprint density at radius 1 is 1.32 bits per heavy atom. The van der Waals surface area contributed by atoms with Crippen molar-refractivity contribution in [2.45, 2.75) is 26.3 Å². The van der Waals surface area contributed by atoms with Crippen molar-refractivity contribution in [3.05, 3.63) is 34.8 Å². The van der Waals surface area contributed by atoms with Crippen LogP contribution in [0.5, 0.6) is 0 Å². The maximum atomic E-state index is 11.9. The molecule has 0 saturated carbocycles. The Labute approximate surface area is 146 Å². The van der Waals surface area contributed by atoms with Crippen LogP contribution in [0.3, 0.4) is 0 Å². The molecule has 1 N–H and O–H groups in total. The summed E-state index contributed by atoms with van der Waals surface area (Å²) in [6.07, 6.45) is 1.84. The first-order valence-corrected chi connectivity index (χ1v) is 9.98. The predicted octanol–water partition coefficient (Wildman–Crippen LogP) is 0.772. The number of rotatable bonds is 9. The van der Waals surface area contributed by atoms with Crippen LogP contribution in [-0.4, -0.2) is 49.1 Å². The van der Waals surface area contributed by atoms with Crippen LogP contribution in [0.15, 0.2) is 33.5 Å². The van der Waals surface area contributed by atoms with Gasteiger partial charge in [-0.3, -0.25) is 9.36 Å². The number of benzene rings is 1. The van der Waals surface area contributed by atoms with Gasteiger partial charge in [0.2, 0.25) is 15.9 Å². The molecule has 0 radical (unpaired) electrons. The van der Waals surface area contributed by atoms with Crippen molar-refractivity contribution in [1.29, 1.82) is 0 Å². The first kappa shape index (κ1) is 19.2. The molecule has 1 aromatic heterocycles. The highest BCUT2D eigenvalue weighted by Gasteiger charge is 2.14. The highest BCUT2D eigenvalue weighted by Crippen LogP contribution is 2.11. The summed E-state index contributed by atoms with van der Waals surface area (Å²) in [5, 5.41) is 2.74. The molecule has 0 aliphatic heterocycles. The lowest BCUT2D eigenvalue weighted by atomic mass is 10.3. The molecule has 0 unspecified atom stereocenters. The molecule has 0 bridgehead atoms. The van der Waals surface area contributed by atoms with Gasteiger partial charge in [0.05, 0.1) is 11.8 Å². The average Bonchev–Trinajstić information content (AvgIpc) is 2.87. The van der Waals surface area contributed by atoms with Gasteiger partial charge >= 0.3 is 5.76 Å². The third kappa shape index (κ3) is 5.17. The van der Waals surface area contributed by atoms with Gasteiger partial charge in [-0.25, -0.2) is 17.5 Å². The second kappa shape index (κ2) is 8.30. The molecule has 0 fully saturated rings. The summed E-state index contributed by atoms with van der Waals surface area (Å²) in [6, 6.07) is 7.05. The Morgan fingerprint density at radius 3 is 2.72 bits per heavy atom. The van der Waals surface area contributed by atoms with Gasteiger partial charge < -0.3 is 9.73 Å². The molecule has 2 rings (SSSR count). The minimum absolute atomic E-state index is 0.146. The number of para-hydroxylation sites is 2. The van der Waals surface area contributed by atoms with E-state index in [1.165, 1.54) is 15.1 Å². The number of aryl methyl sites for hydroxylation is 1. The highest BCUT2D eigenvalue weighted by molar-refractivity contribution is 7.88. The molecule has 0 spiro atoms. The first-order valence-electron chi connectivity index (χ1n) is 8.13. The third-order valence-electron chi connectivity index (χ3n) is 3.86. The molecule has 8 nitrogen and oxygen atoms in total. The number of hydrogen-bond acceptors (Lipinski definition) is 5. The van der Waals surface area contributed by atoms with Crippen LogP contribution in [0.25, 0.3) is 11.1 Å². The zero-order chi connectivity index (χ0) is 18.4. The number of fused-ring (bicyclic) bond motifs is 1. The number of aromatic nitrogens is 1. The van der Waals surface area contributed by atoms with Crippen molar-refractivity contribution >= 4 is 27.0 Å². The number of nitrogens with one attached hydrogen (secondary N) is 1. The third-order valence-corrected chi connectivity index (χ3v) is 5.24. The number of amides is 1. The number of nitrogens with zero attached hydrogens (tertiary/aromatic N) is 2. The van der Waals surface area contributed by atoms with Gasteiger partial charge in [-0.05, 0) is 18.6 Å². The van der Waals surface area contributed by atoms with Crippen LogP contribution >= 0.6 is 0 Å². The van der Waals surface area contributed by atoms with Gasteiger partial charge in [0.15, 0.2) is 5.58 Å². The maximum Gasteiger partial charge on any atom is 0.419 e. The lowest BCUT2D eigenvalue weighted by Gasteiger charge is -2.17. The highest BCUT2D eigenvalue weighted by atomic mass is 32.2. The Kier molecular flexibility index (Phi) is 6.38. The van der Waals surface area contributed by atoms with Gasteiger partial charge in [0.1, 0.15) is 0 Å². The summed E-state index contributed by atoms with van der Waals surface area (Å²) in [4.78, 5) is 23.7. The molecule has 25 heavy (non-hydrogen) atoms. The summed E-state index contributed by atoms with van der Waals surface area (Å²) < 4.78 is 30.8. The molecule has 1 heterocycles. The minimum atomic E-state index is -3.21. The van der Waals surface area contributed by atoms with E-state index in [2.05, 4.69) is 5.32 Å². The first-order chi connectivity index (χ1) is 11.8. The fourth-order valence-corrected chi connectivity index (χ4v) is 3.50. The zero-order valence-corrected chi connectivity index (χ0v) is 15.2. The average molecular weight is 369 g/mol. The molecule has 1 aromatic carbocycles. The molecule has 0 aliphatic carbocycles. The minimum Gasteiger partial charge on any atom is -0.408 e. The molecule has 9 heteroatoms. The molecule has 0 aliphatic rings. The molecule has 0 saturated heterocycles. The molecule has 138 valence electrons. The zero-order valence-electron chi connectivity index (χ0n) is 14.4. The van der Waals surface area contributed by atoms with Crippen molar-refractivity contribution in [2.24, 2.45) is 0 Å². The van der Waals surface area contributed by atoms with E-state index < -0.39 is 15.8 Å². The van der Waals surface area contributed by atoms with Crippen LogP contribution in [-0.2, 0) is 21.4 Å². The summed E-state index contributed by atoms with van der Waals surface area (Å²) in [7, 11) is -3.21. The molecule has 0 atom stereocenters. The number of sulfonamides is 1. The Balaban J connectivity index is 1.79. The van der Waals surface area contributed by atoms with Crippen LogP contribution in [0.1, 0.15) is 19.8 Å². The van der Waals surface area contributed by atoms with E-state index >= 15 is 0 Å². The fourth-order valence-electron chi connectivity index (χ4n) is 2.57. The Morgan fingerprint density at radius 2 is 2.04 bits per heavy atom. The van der Waals surface area contributed by atoms with Gasteiger partial charge in [0, 0.05) is 32.6 Å². The van der Waals surface area contributed by atoms with E-state index in [-0.39, 0.29) is 18.9 Å². The Hall–Kier alpha value is -2.13. The van der Waals surface area contributed by atoms with E-state index in [9.17, 15) is 18.0 Å². The van der Waals surface area contributed by atoms with E-state index in [4.69, 9.17) is 4.42 Å². The number of hydrogen-bond donors (Lipinski definition) is 1. The van der Waals surface area contributed by atoms with E-state index in [1.54, 1.807) is 31.2 Å². The van der Waals surface area contributed by atoms with Crippen molar-refractivity contribution in [2.75, 3.05) is 25.9 Å². The van der Waals surface area contributed by atoms with Crippen LogP contribution in [0.2, 0.25) is 0 Å². The predicted molar refractivity (Wildman–Crippen MR) is 94.8 cm³/mol. The smallest absolute Gasteiger partial charge is 0.408 e. The standard InChI is InChI=1S/C16H23N3O5S/c1-3-18(25(2,22)23)11-6-10-17-15(20)9-12-19-13-7-4-5-8-14(13)24-16(19)21/h4-5,7-8H,3,6,9-12H2,1-2H3,(H,17,20). The molecule has 1 amide bonds. The van der Waals surface area contributed by atoms with Gasteiger partial charge in [0.25, 0.3) is 0 Å². The number of carbonyl (C=O) groups excluding carboxylic acids is 1. The largest absolute Gasteiger partial charge is 0.419 e. The lowest BCUT2D eigenvalue weighted by Crippen LogP contribution is -2.33. The topological polar surface area (TPSA) is 102 Å². The Bertz CT molecular complexity index is 885. The lowest BCUT2D eigenvalue weighted by molar-refractivity contribution is -0.121. The second-order valence-corrected chi connectivity index (χ2v) is 7.68. The SMILES string of the molecule is CCN(CCCNC(=O)CCn1c(=O)oc2ccccc21)S(C)(=O)=O. The van der Waals surface area contributed by atoms with Crippen LogP contribution in [0.4, 0.5) is 0 Å². The van der Waals surface area contributed by atoms with E-state index in [1.807, 2.05) is 0 Å².